The lowest BCUT2D eigenvalue weighted by atomic mass is 10.1. The Morgan fingerprint density at radius 2 is 1.94 bits per heavy atom. The number of rotatable bonds is 9. The van der Waals surface area contributed by atoms with Crippen LogP contribution in [0.25, 0.3) is 6.08 Å². The number of unbranched alkanes of at least 4 members (excludes halogenated alkanes) is 2. The van der Waals surface area contributed by atoms with E-state index < -0.39 is 4.92 Å². The molecule has 3 rings (SSSR count). The van der Waals surface area contributed by atoms with Crippen molar-refractivity contribution >= 4 is 69.2 Å². The third-order valence-corrected chi connectivity index (χ3v) is 6.42. The Hall–Kier alpha value is -2.95. The molecule has 0 spiro atoms. The Labute approximate surface area is 204 Å². The van der Waals surface area contributed by atoms with Crippen LogP contribution >= 0.6 is 35.6 Å². The van der Waals surface area contributed by atoms with Crippen LogP contribution in [-0.2, 0) is 9.59 Å². The molecule has 2 aromatic rings. The minimum atomic E-state index is -0.604. The second-order valence-electron chi connectivity index (χ2n) is 7.20. The van der Waals surface area contributed by atoms with E-state index in [1.807, 2.05) is 12.1 Å². The van der Waals surface area contributed by atoms with Gasteiger partial charge < -0.3 is 10.4 Å². The zero-order valence-corrected chi connectivity index (χ0v) is 19.7. The summed E-state index contributed by atoms with van der Waals surface area (Å²) in [4.78, 5) is 37.1. The molecule has 8 nitrogen and oxygen atoms in total. The number of amides is 2. The summed E-state index contributed by atoms with van der Waals surface area (Å²) in [5.41, 5.74) is 0.636. The highest BCUT2D eigenvalue weighted by molar-refractivity contribution is 8.26. The number of thioether (sulfide) groups is 1. The van der Waals surface area contributed by atoms with E-state index in [0.29, 0.717) is 40.1 Å². The summed E-state index contributed by atoms with van der Waals surface area (Å²) in [5, 5.41) is 23.7. The van der Waals surface area contributed by atoms with E-state index in [2.05, 4.69) is 5.32 Å². The van der Waals surface area contributed by atoms with Crippen molar-refractivity contribution in [1.82, 2.24) is 4.90 Å². The summed E-state index contributed by atoms with van der Waals surface area (Å²) < 4.78 is 0.499. The molecule has 172 valence electrons. The van der Waals surface area contributed by atoms with Gasteiger partial charge in [0.1, 0.15) is 10.1 Å². The predicted molar refractivity (Wildman–Crippen MR) is 133 cm³/mol. The molecule has 1 aliphatic heterocycles. The minimum Gasteiger partial charge on any atom is -0.506 e. The van der Waals surface area contributed by atoms with Gasteiger partial charge in [-0.25, -0.2) is 0 Å². The number of phenolic OH excluding ortho intramolecular Hbond substituents is 1. The van der Waals surface area contributed by atoms with Crippen molar-refractivity contribution in [3.8, 4) is 5.75 Å². The van der Waals surface area contributed by atoms with Gasteiger partial charge >= 0.3 is 0 Å². The molecular formula is C22H20ClN3O5S2. The molecule has 1 fully saturated rings. The molecule has 0 bridgehead atoms. The van der Waals surface area contributed by atoms with Gasteiger partial charge in [0, 0.05) is 30.1 Å². The molecule has 11 heteroatoms. The minimum absolute atomic E-state index is 0.000703. The fourth-order valence-corrected chi connectivity index (χ4v) is 4.52. The number of halogens is 1. The highest BCUT2D eigenvalue weighted by Gasteiger charge is 2.31. The van der Waals surface area contributed by atoms with Crippen LogP contribution in [0.4, 0.5) is 11.4 Å². The van der Waals surface area contributed by atoms with E-state index in [1.165, 1.54) is 11.8 Å². The fourth-order valence-electron chi connectivity index (χ4n) is 3.09. The first-order valence-corrected chi connectivity index (χ1v) is 11.6. The molecule has 33 heavy (non-hydrogen) atoms. The Morgan fingerprint density at radius 1 is 1.21 bits per heavy atom. The summed E-state index contributed by atoms with van der Waals surface area (Å²) in [7, 11) is 0. The number of nitro benzene ring substituents is 1. The number of hydrogen-bond acceptors (Lipinski definition) is 7. The predicted octanol–water partition coefficient (Wildman–Crippen LogP) is 5.35. The van der Waals surface area contributed by atoms with Crippen LogP contribution < -0.4 is 5.32 Å². The third kappa shape index (κ3) is 6.77. The summed E-state index contributed by atoms with van der Waals surface area (Å²) >= 11 is 12.5. The SMILES string of the molecule is O=C(CCCCCN1C(=O)C(=Cc2ccc(Cl)cc2)SC1=S)Nc1cc([N+](=O)[O-])ccc1O. The molecule has 0 unspecified atom stereocenters. The maximum Gasteiger partial charge on any atom is 0.271 e. The lowest BCUT2D eigenvalue weighted by molar-refractivity contribution is -0.384. The van der Waals surface area contributed by atoms with Crippen molar-refractivity contribution in [2.45, 2.75) is 25.7 Å². The number of benzene rings is 2. The lowest BCUT2D eigenvalue weighted by Crippen LogP contribution is -2.29. The van der Waals surface area contributed by atoms with Crippen LogP contribution in [0, 0.1) is 10.1 Å². The molecule has 1 saturated heterocycles. The zero-order chi connectivity index (χ0) is 24.0. The first-order valence-electron chi connectivity index (χ1n) is 10.0. The van der Waals surface area contributed by atoms with Crippen molar-refractivity contribution in [3.63, 3.8) is 0 Å². The Kier molecular flexibility index (Phi) is 8.43. The standard InChI is InChI=1S/C22H20ClN3O5S2/c23-15-7-5-14(6-8-15)12-19-21(29)25(22(32)33-19)11-3-1-2-4-20(28)24-17-13-16(26(30)31)9-10-18(17)27/h5-10,12-13,27H,1-4,11H2,(H,24,28). The van der Waals surface area contributed by atoms with Gasteiger partial charge in [0.25, 0.3) is 11.6 Å². The number of nitrogens with one attached hydrogen (secondary N) is 1. The highest BCUT2D eigenvalue weighted by atomic mass is 35.5. The molecular weight excluding hydrogens is 486 g/mol. The number of thiocarbonyl (C=S) groups is 1. The van der Waals surface area contributed by atoms with Crippen molar-refractivity contribution in [2.75, 3.05) is 11.9 Å². The van der Waals surface area contributed by atoms with Gasteiger partial charge in [0.15, 0.2) is 0 Å². The number of carbonyl (C=O) groups excluding carboxylic acids is 2. The quantitative estimate of drug-likeness (QED) is 0.118. The van der Waals surface area contributed by atoms with E-state index in [1.54, 1.807) is 23.1 Å². The second-order valence-corrected chi connectivity index (χ2v) is 9.31. The molecule has 0 aromatic heterocycles. The molecule has 0 radical (unpaired) electrons. The van der Waals surface area contributed by atoms with Crippen molar-refractivity contribution < 1.29 is 19.6 Å². The monoisotopic (exact) mass is 505 g/mol. The number of non-ortho nitro benzene ring substituents is 1. The number of phenols is 1. The van der Waals surface area contributed by atoms with Crippen LogP contribution in [0.1, 0.15) is 31.2 Å². The molecule has 2 N–H and O–H groups in total. The molecule has 0 saturated carbocycles. The molecule has 0 atom stereocenters. The summed E-state index contributed by atoms with van der Waals surface area (Å²) in [5.74, 6) is -0.740. The number of carbonyl (C=O) groups is 2. The Morgan fingerprint density at radius 3 is 2.64 bits per heavy atom. The maximum absolute atomic E-state index is 12.7. The molecule has 2 aromatic carbocycles. The van der Waals surface area contributed by atoms with Crippen LogP contribution in [0.2, 0.25) is 5.02 Å². The van der Waals surface area contributed by atoms with Gasteiger partial charge in [-0.2, -0.15) is 0 Å². The third-order valence-electron chi connectivity index (χ3n) is 4.79. The maximum atomic E-state index is 12.7. The smallest absolute Gasteiger partial charge is 0.271 e. The Bertz CT molecular complexity index is 1120. The average molecular weight is 506 g/mol. The number of nitro groups is 1. The molecule has 0 aliphatic carbocycles. The van der Waals surface area contributed by atoms with E-state index in [4.69, 9.17) is 23.8 Å². The lowest BCUT2D eigenvalue weighted by Gasteiger charge is -2.14. The topological polar surface area (TPSA) is 113 Å². The first-order chi connectivity index (χ1) is 15.7. The summed E-state index contributed by atoms with van der Waals surface area (Å²) in [6.45, 7) is 0.454. The van der Waals surface area contributed by atoms with Crippen molar-refractivity contribution in [1.29, 1.82) is 0 Å². The van der Waals surface area contributed by atoms with E-state index in [0.717, 1.165) is 23.8 Å². The van der Waals surface area contributed by atoms with Crippen LogP contribution in [-0.4, -0.2) is 37.6 Å². The summed E-state index contributed by atoms with van der Waals surface area (Å²) in [6.07, 6.45) is 3.86. The number of anilines is 1. The summed E-state index contributed by atoms with van der Waals surface area (Å²) in [6, 6.07) is 10.6. The van der Waals surface area contributed by atoms with Crippen LogP contribution in [0.5, 0.6) is 5.75 Å². The van der Waals surface area contributed by atoms with Gasteiger partial charge in [-0.3, -0.25) is 24.6 Å². The van der Waals surface area contributed by atoms with Crippen molar-refractivity contribution in [3.05, 3.63) is 68.1 Å². The van der Waals surface area contributed by atoms with E-state index in [-0.39, 0.29) is 35.4 Å². The van der Waals surface area contributed by atoms with E-state index >= 15 is 0 Å². The zero-order valence-electron chi connectivity index (χ0n) is 17.3. The van der Waals surface area contributed by atoms with Crippen molar-refractivity contribution in [2.24, 2.45) is 0 Å². The van der Waals surface area contributed by atoms with Crippen LogP contribution in [0.15, 0.2) is 47.4 Å². The average Bonchev–Trinajstić information content (AvgIpc) is 3.03. The Balaban J connectivity index is 1.43. The van der Waals surface area contributed by atoms with Gasteiger partial charge in [0.05, 0.1) is 15.5 Å². The number of hydrogen-bond donors (Lipinski definition) is 2. The molecule has 1 heterocycles. The molecule has 1 aliphatic rings. The van der Waals surface area contributed by atoms with Gasteiger partial charge in [-0.1, -0.05) is 54.1 Å². The van der Waals surface area contributed by atoms with Crippen LogP contribution in [0.3, 0.4) is 0 Å². The number of aromatic hydroxyl groups is 1. The highest BCUT2D eigenvalue weighted by Crippen LogP contribution is 2.33. The van der Waals surface area contributed by atoms with Gasteiger partial charge in [0.2, 0.25) is 5.91 Å². The second kappa shape index (κ2) is 11.3. The normalized spacial score (nSPS) is 14.7. The first kappa shape index (κ1) is 24.7. The largest absolute Gasteiger partial charge is 0.506 e. The molecule has 2 amide bonds. The number of nitrogens with zero attached hydrogens (tertiary/aromatic N) is 2. The van der Waals surface area contributed by atoms with Gasteiger partial charge in [-0.05, 0) is 42.7 Å². The fraction of sp³-hybridized carbons (Fsp3) is 0.227. The van der Waals surface area contributed by atoms with E-state index in [9.17, 15) is 24.8 Å². The van der Waals surface area contributed by atoms with Gasteiger partial charge in [-0.15, -0.1) is 0 Å².